The van der Waals surface area contributed by atoms with Crippen molar-refractivity contribution in [2.24, 2.45) is 0 Å². The van der Waals surface area contributed by atoms with Crippen LogP contribution in [0.3, 0.4) is 0 Å². The largest absolute Gasteiger partial charge is 0.357 e. The number of aryl methyl sites for hydroxylation is 1. The van der Waals surface area contributed by atoms with Gasteiger partial charge in [0.25, 0.3) is 0 Å². The van der Waals surface area contributed by atoms with Gasteiger partial charge in [0, 0.05) is 32.6 Å². The highest BCUT2D eigenvalue weighted by Crippen LogP contribution is 2.35. The number of fused-ring (bicyclic) bond motifs is 3. The molecule has 0 radical (unpaired) electrons. The molecular formula is C18H16BrClN2. The molecule has 4 heteroatoms. The summed E-state index contributed by atoms with van der Waals surface area (Å²) in [7, 11) is 0. The molecule has 22 heavy (non-hydrogen) atoms. The summed E-state index contributed by atoms with van der Waals surface area (Å²) in [4.78, 5) is 3.59. The van der Waals surface area contributed by atoms with Gasteiger partial charge in [0.2, 0.25) is 0 Å². The van der Waals surface area contributed by atoms with Gasteiger partial charge in [0.1, 0.15) is 0 Å². The Bertz CT molecular complexity index is 849. The molecule has 0 amide bonds. The molecule has 2 N–H and O–H groups in total. The van der Waals surface area contributed by atoms with Gasteiger partial charge in [0.05, 0.1) is 6.04 Å². The first-order chi connectivity index (χ1) is 10.6. The van der Waals surface area contributed by atoms with E-state index in [4.69, 9.17) is 11.6 Å². The molecule has 1 aliphatic rings. The van der Waals surface area contributed by atoms with Crippen LogP contribution in [-0.4, -0.2) is 11.5 Å². The maximum absolute atomic E-state index is 6.18. The minimum atomic E-state index is 0.200. The Labute approximate surface area is 143 Å². The zero-order chi connectivity index (χ0) is 15.3. The molecule has 1 unspecified atom stereocenters. The molecule has 1 aromatic heterocycles. The van der Waals surface area contributed by atoms with Crippen molar-refractivity contribution in [1.82, 2.24) is 10.3 Å². The second-order valence-electron chi connectivity index (χ2n) is 5.91. The highest BCUT2D eigenvalue weighted by molar-refractivity contribution is 9.10. The highest BCUT2D eigenvalue weighted by atomic mass is 79.9. The third kappa shape index (κ3) is 2.37. The summed E-state index contributed by atoms with van der Waals surface area (Å²) in [5.74, 6) is 0. The lowest BCUT2D eigenvalue weighted by molar-refractivity contribution is 0.560. The Morgan fingerprint density at radius 1 is 1.18 bits per heavy atom. The number of H-pyrrole nitrogens is 1. The van der Waals surface area contributed by atoms with Crippen molar-refractivity contribution in [2.45, 2.75) is 19.4 Å². The van der Waals surface area contributed by atoms with E-state index in [2.05, 4.69) is 63.5 Å². The lowest BCUT2D eigenvalue weighted by Crippen LogP contribution is -2.30. The minimum absolute atomic E-state index is 0.200. The van der Waals surface area contributed by atoms with E-state index < -0.39 is 0 Å². The predicted octanol–water partition coefficient (Wildman–Crippen LogP) is 5.13. The third-order valence-electron chi connectivity index (χ3n) is 4.31. The van der Waals surface area contributed by atoms with Crippen molar-refractivity contribution in [1.29, 1.82) is 0 Å². The molecule has 2 nitrogen and oxygen atoms in total. The number of rotatable bonds is 1. The van der Waals surface area contributed by atoms with Gasteiger partial charge in [-0.2, -0.15) is 0 Å². The summed E-state index contributed by atoms with van der Waals surface area (Å²) in [6.07, 6.45) is 1.03. The van der Waals surface area contributed by atoms with Gasteiger partial charge in [0.15, 0.2) is 0 Å². The first kappa shape index (κ1) is 14.3. The van der Waals surface area contributed by atoms with Crippen LogP contribution in [0.25, 0.3) is 10.9 Å². The summed E-state index contributed by atoms with van der Waals surface area (Å²) in [6.45, 7) is 3.10. The molecule has 0 spiro atoms. The van der Waals surface area contributed by atoms with Crippen LogP contribution in [0, 0.1) is 6.92 Å². The molecular weight excluding hydrogens is 360 g/mol. The summed E-state index contributed by atoms with van der Waals surface area (Å²) in [5.41, 5.74) is 6.36. The Morgan fingerprint density at radius 2 is 2.05 bits per heavy atom. The normalized spacial score (nSPS) is 17.7. The van der Waals surface area contributed by atoms with Crippen LogP contribution < -0.4 is 5.32 Å². The Hall–Kier alpha value is -1.29. The number of hydrogen-bond donors (Lipinski definition) is 2. The van der Waals surface area contributed by atoms with Crippen molar-refractivity contribution in [3.63, 3.8) is 0 Å². The van der Waals surface area contributed by atoms with Gasteiger partial charge in [-0.05, 0) is 60.4 Å². The van der Waals surface area contributed by atoms with Crippen LogP contribution in [0.5, 0.6) is 0 Å². The molecule has 1 atom stereocenters. The summed E-state index contributed by atoms with van der Waals surface area (Å²) >= 11 is 9.79. The Kier molecular flexibility index (Phi) is 3.52. The summed E-state index contributed by atoms with van der Waals surface area (Å²) in [6, 6.07) is 12.9. The van der Waals surface area contributed by atoms with E-state index in [0.717, 1.165) is 28.0 Å². The Morgan fingerprint density at radius 3 is 2.86 bits per heavy atom. The molecule has 112 valence electrons. The summed E-state index contributed by atoms with van der Waals surface area (Å²) in [5, 5.41) is 5.68. The number of hydrogen-bond acceptors (Lipinski definition) is 1. The molecule has 0 saturated heterocycles. The van der Waals surface area contributed by atoms with Crippen molar-refractivity contribution in [2.75, 3.05) is 6.54 Å². The lowest BCUT2D eigenvalue weighted by Gasteiger charge is -2.25. The molecule has 2 heterocycles. The van der Waals surface area contributed by atoms with E-state index in [1.807, 2.05) is 6.07 Å². The fourth-order valence-corrected chi connectivity index (χ4v) is 4.21. The standard InChI is InChI=1S/C18H16BrClN2/c1-10-6-11(8-12(19)7-10)17-18-14(4-5-21-17)15-9-13(20)2-3-16(15)22-18/h2-3,6-9,17,21-22H,4-5H2,1H3. The van der Waals surface area contributed by atoms with Crippen LogP contribution >= 0.6 is 27.5 Å². The van der Waals surface area contributed by atoms with Crippen molar-refractivity contribution in [3.05, 3.63) is 68.3 Å². The van der Waals surface area contributed by atoms with E-state index in [1.165, 1.54) is 27.8 Å². The highest BCUT2D eigenvalue weighted by Gasteiger charge is 2.25. The molecule has 3 aromatic rings. The van der Waals surface area contributed by atoms with Crippen LogP contribution in [0.1, 0.15) is 28.4 Å². The predicted molar refractivity (Wildman–Crippen MR) is 95.7 cm³/mol. The molecule has 0 saturated carbocycles. The van der Waals surface area contributed by atoms with Crippen LogP contribution in [0.15, 0.2) is 40.9 Å². The quantitative estimate of drug-likeness (QED) is 0.606. The number of nitrogens with one attached hydrogen (secondary N) is 2. The molecule has 2 aromatic carbocycles. The Balaban J connectivity index is 1.90. The fourth-order valence-electron chi connectivity index (χ4n) is 3.42. The van der Waals surface area contributed by atoms with Gasteiger partial charge < -0.3 is 10.3 Å². The average molecular weight is 376 g/mol. The molecule has 0 fully saturated rings. The SMILES string of the molecule is Cc1cc(Br)cc(C2NCCc3c2[nH]c2ccc(Cl)cc32)c1. The third-order valence-corrected chi connectivity index (χ3v) is 5.00. The summed E-state index contributed by atoms with van der Waals surface area (Å²) < 4.78 is 1.12. The lowest BCUT2D eigenvalue weighted by atomic mass is 9.93. The number of aromatic nitrogens is 1. The second kappa shape index (κ2) is 5.41. The van der Waals surface area contributed by atoms with Gasteiger partial charge in [-0.3, -0.25) is 0 Å². The number of benzene rings is 2. The molecule has 0 aliphatic carbocycles. The van der Waals surface area contributed by atoms with Crippen LogP contribution in [0.2, 0.25) is 5.02 Å². The van der Waals surface area contributed by atoms with Crippen molar-refractivity contribution >= 4 is 38.4 Å². The topological polar surface area (TPSA) is 27.8 Å². The first-order valence-corrected chi connectivity index (χ1v) is 8.59. The van der Waals surface area contributed by atoms with Crippen molar-refractivity contribution in [3.8, 4) is 0 Å². The van der Waals surface area contributed by atoms with Crippen LogP contribution in [0.4, 0.5) is 0 Å². The average Bonchev–Trinajstić information content (AvgIpc) is 2.84. The van der Waals surface area contributed by atoms with Gasteiger partial charge in [-0.1, -0.05) is 33.6 Å². The van der Waals surface area contributed by atoms with Crippen LogP contribution in [-0.2, 0) is 6.42 Å². The minimum Gasteiger partial charge on any atom is -0.357 e. The van der Waals surface area contributed by atoms with E-state index in [0.29, 0.717) is 0 Å². The first-order valence-electron chi connectivity index (χ1n) is 7.42. The number of aromatic amines is 1. The maximum atomic E-state index is 6.18. The monoisotopic (exact) mass is 374 g/mol. The molecule has 1 aliphatic heterocycles. The van der Waals surface area contributed by atoms with E-state index in [9.17, 15) is 0 Å². The van der Waals surface area contributed by atoms with E-state index >= 15 is 0 Å². The molecule has 4 rings (SSSR count). The van der Waals surface area contributed by atoms with Gasteiger partial charge in [-0.15, -0.1) is 0 Å². The molecule has 0 bridgehead atoms. The smallest absolute Gasteiger partial charge is 0.0732 e. The zero-order valence-electron chi connectivity index (χ0n) is 12.2. The number of halogens is 2. The fraction of sp³-hybridized carbons (Fsp3) is 0.222. The van der Waals surface area contributed by atoms with Gasteiger partial charge >= 0.3 is 0 Å². The zero-order valence-corrected chi connectivity index (χ0v) is 14.6. The maximum Gasteiger partial charge on any atom is 0.0732 e. The second-order valence-corrected chi connectivity index (χ2v) is 7.26. The van der Waals surface area contributed by atoms with E-state index in [-0.39, 0.29) is 6.04 Å². The van der Waals surface area contributed by atoms with Crippen molar-refractivity contribution < 1.29 is 0 Å². The van der Waals surface area contributed by atoms with Gasteiger partial charge in [-0.25, -0.2) is 0 Å². The van der Waals surface area contributed by atoms with E-state index in [1.54, 1.807) is 0 Å².